The van der Waals surface area contributed by atoms with Gasteiger partial charge in [0, 0.05) is 19.1 Å². The van der Waals surface area contributed by atoms with Crippen molar-refractivity contribution in [3.8, 4) is 0 Å². The highest BCUT2D eigenvalue weighted by molar-refractivity contribution is 5.79. The molecule has 1 saturated heterocycles. The Bertz CT molecular complexity index is 476. The molecule has 2 aliphatic rings. The van der Waals surface area contributed by atoms with Crippen LogP contribution in [0.5, 0.6) is 0 Å². The second kappa shape index (κ2) is 5.96. The van der Waals surface area contributed by atoms with E-state index in [4.69, 9.17) is 0 Å². The Morgan fingerprint density at radius 3 is 2.85 bits per heavy atom. The minimum atomic E-state index is 0.189. The molecular weight excluding hydrogens is 248 g/mol. The van der Waals surface area contributed by atoms with Gasteiger partial charge in [-0.3, -0.25) is 4.79 Å². The molecule has 20 heavy (non-hydrogen) atoms. The minimum Gasteiger partial charge on any atom is -0.335 e. The van der Waals surface area contributed by atoms with Crippen LogP contribution in [0.3, 0.4) is 0 Å². The summed E-state index contributed by atoms with van der Waals surface area (Å²) in [6, 6.07) is 9.02. The zero-order valence-electron chi connectivity index (χ0n) is 12.3. The fourth-order valence-electron chi connectivity index (χ4n) is 3.08. The van der Waals surface area contributed by atoms with Gasteiger partial charge in [0.05, 0.1) is 5.92 Å². The molecule has 1 aliphatic carbocycles. The molecule has 0 bridgehead atoms. The normalized spacial score (nSPS) is 22.6. The van der Waals surface area contributed by atoms with Crippen molar-refractivity contribution in [1.82, 2.24) is 10.2 Å². The number of hydrogen-bond acceptors (Lipinski definition) is 2. The van der Waals surface area contributed by atoms with E-state index in [2.05, 4.69) is 41.4 Å². The van der Waals surface area contributed by atoms with Crippen LogP contribution in [0.25, 0.3) is 0 Å². The third-order valence-corrected chi connectivity index (χ3v) is 4.35. The molecule has 1 atom stereocenters. The molecule has 1 amide bonds. The first kappa shape index (κ1) is 13.6. The van der Waals surface area contributed by atoms with E-state index in [9.17, 15) is 4.79 Å². The molecule has 1 saturated carbocycles. The third-order valence-electron chi connectivity index (χ3n) is 4.35. The van der Waals surface area contributed by atoms with E-state index in [1.807, 2.05) is 0 Å². The van der Waals surface area contributed by atoms with Crippen LogP contribution in [0.1, 0.15) is 36.8 Å². The van der Waals surface area contributed by atoms with Gasteiger partial charge in [-0.25, -0.2) is 0 Å². The summed E-state index contributed by atoms with van der Waals surface area (Å²) in [5.41, 5.74) is 2.53. The summed E-state index contributed by atoms with van der Waals surface area (Å²) in [4.78, 5) is 14.9. The molecule has 0 spiro atoms. The van der Waals surface area contributed by atoms with Crippen molar-refractivity contribution < 1.29 is 4.79 Å². The van der Waals surface area contributed by atoms with Gasteiger partial charge in [0.15, 0.2) is 0 Å². The van der Waals surface area contributed by atoms with Gasteiger partial charge in [-0.1, -0.05) is 29.8 Å². The number of aryl methyl sites for hydroxylation is 1. The topological polar surface area (TPSA) is 32.3 Å². The molecule has 108 valence electrons. The SMILES string of the molecule is Cc1cccc(CN(C(=O)[C@H]2CCCNC2)C2CC2)c1. The fraction of sp³-hybridized carbons (Fsp3) is 0.588. The van der Waals surface area contributed by atoms with Crippen LogP contribution in [-0.4, -0.2) is 29.9 Å². The number of carbonyl (C=O) groups excluding carboxylic acids is 1. The Labute approximate surface area is 121 Å². The second-order valence-electron chi connectivity index (χ2n) is 6.23. The molecule has 1 aromatic rings. The van der Waals surface area contributed by atoms with E-state index in [0.717, 1.165) is 32.5 Å². The van der Waals surface area contributed by atoms with E-state index in [1.165, 1.54) is 24.0 Å². The van der Waals surface area contributed by atoms with Crippen LogP contribution < -0.4 is 5.32 Å². The van der Waals surface area contributed by atoms with E-state index < -0.39 is 0 Å². The van der Waals surface area contributed by atoms with Crippen LogP contribution in [0.15, 0.2) is 24.3 Å². The quantitative estimate of drug-likeness (QED) is 0.913. The highest BCUT2D eigenvalue weighted by Gasteiger charge is 2.36. The van der Waals surface area contributed by atoms with Gasteiger partial charge >= 0.3 is 0 Å². The van der Waals surface area contributed by atoms with Gasteiger partial charge in [-0.15, -0.1) is 0 Å². The predicted molar refractivity (Wildman–Crippen MR) is 80.3 cm³/mol. The van der Waals surface area contributed by atoms with Crippen molar-refractivity contribution in [2.45, 2.75) is 45.2 Å². The molecule has 0 aromatic heterocycles. The molecule has 3 heteroatoms. The number of amides is 1. The summed E-state index contributed by atoms with van der Waals surface area (Å²) in [6.45, 7) is 4.81. The zero-order valence-corrected chi connectivity index (χ0v) is 12.3. The summed E-state index contributed by atoms with van der Waals surface area (Å²) in [6.07, 6.45) is 4.53. The van der Waals surface area contributed by atoms with Gasteiger partial charge in [0.1, 0.15) is 0 Å². The monoisotopic (exact) mass is 272 g/mol. The Kier molecular flexibility index (Phi) is 4.06. The summed E-state index contributed by atoms with van der Waals surface area (Å²) in [7, 11) is 0. The smallest absolute Gasteiger partial charge is 0.227 e. The van der Waals surface area contributed by atoms with Crippen molar-refractivity contribution in [1.29, 1.82) is 0 Å². The summed E-state index contributed by atoms with van der Waals surface area (Å²) in [5.74, 6) is 0.551. The molecular formula is C17H24N2O. The van der Waals surface area contributed by atoms with Crippen LogP contribution in [-0.2, 0) is 11.3 Å². The minimum absolute atomic E-state index is 0.189. The lowest BCUT2D eigenvalue weighted by molar-refractivity contribution is -0.137. The van der Waals surface area contributed by atoms with Gasteiger partial charge in [0.25, 0.3) is 0 Å². The highest BCUT2D eigenvalue weighted by Crippen LogP contribution is 2.30. The van der Waals surface area contributed by atoms with E-state index in [-0.39, 0.29) is 5.92 Å². The lowest BCUT2D eigenvalue weighted by atomic mass is 9.97. The third kappa shape index (κ3) is 3.21. The first-order valence-electron chi connectivity index (χ1n) is 7.81. The molecule has 1 aliphatic heterocycles. The first-order chi connectivity index (χ1) is 9.74. The van der Waals surface area contributed by atoms with Gasteiger partial charge < -0.3 is 10.2 Å². The van der Waals surface area contributed by atoms with Crippen molar-refractivity contribution in [2.75, 3.05) is 13.1 Å². The number of nitrogens with zero attached hydrogens (tertiary/aromatic N) is 1. The number of hydrogen-bond donors (Lipinski definition) is 1. The zero-order chi connectivity index (χ0) is 13.9. The van der Waals surface area contributed by atoms with E-state index >= 15 is 0 Å². The van der Waals surface area contributed by atoms with Crippen molar-refractivity contribution in [3.63, 3.8) is 0 Å². The van der Waals surface area contributed by atoms with Gasteiger partial charge in [-0.05, 0) is 44.7 Å². The maximum atomic E-state index is 12.8. The predicted octanol–water partition coefficient (Wildman–Crippen LogP) is 2.49. The van der Waals surface area contributed by atoms with E-state index in [1.54, 1.807) is 0 Å². The summed E-state index contributed by atoms with van der Waals surface area (Å²) < 4.78 is 0. The molecule has 2 fully saturated rings. The van der Waals surface area contributed by atoms with Crippen LogP contribution in [0.4, 0.5) is 0 Å². The standard InChI is InChI=1S/C17H24N2O/c1-13-4-2-5-14(10-13)12-19(16-7-8-16)17(20)15-6-3-9-18-11-15/h2,4-5,10,15-16,18H,3,6-9,11-12H2,1H3/t15-/m0/s1. The Morgan fingerprint density at radius 2 is 2.20 bits per heavy atom. The molecule has 0 unspecified atom stereocenters. The molecule has 3 rings (SSSR count). The highest BCUT2D eigenvalue weighted by atomic mass is 16.2. The molecule has 1 aromatic carbocycles. The lowest BCUT2D eigenvalue weighted by Gasteiger charge is -2.30. The fourth-order valence-corrected chi connectivity index (χ4v) is 3.08. The Balaban J connectivity index is 1.70. The van der Waals surface area contributed by atoms with Crippen molar-refractivity contribution in [3.05, 3.63) is 35.4 Å². The van der Waals surface area contributed by atoms with Crippen LogP contribution in [0, 0.1) is 12.8 Å². The maximum absolute atomic E-state index is 12.8. The van der Waals surface area contributed by atoms with Crippen molar-refractivity contribution >= 4 is 5.91 Å². The van der Waals surface area contributed by atoms with Crippen LogP contribution >= 0.6 is 0 Å². The average Bonchev–Trinajstić information content (AvgIpc) is 3.30. The van der Waals surface area contributed by atoms with Gasteiger partial charge in [-0.2, -0.15) is 0 Å². The Hall–Kier alpha value is -1.35. The summed E-state index contributed by atoms with van der Waals surface area (Å²) in [5, 5.41) is 3.36. The molecule has 3 nitrogen and oxygen atoms in total. The largest absolute Gasteiger partial charge is 0.335 e. The molecule has 1 N–H and O–H groups in total. The van der Waals surface area contributed by atoms with Crippen LogP contribution in [0.2, 0.25) is 0 Å². The average molecular weight is 272 g/mol. The first-order valence-corrected chi connectivity index (χ1v) is 7.81. The van der Waals surface area contributed by atoms with E-state index in [0.29, 0.717) is 11.9 Å². The summed E-state index contributed by atoms with van der Waals surface area (Å²) >= 11 is 0. The Morgan fingerprint density at radius 1 is 1.35 bits per heavy atom. The molecule has 1 heterocycles. The lowest BCUT2D eigenvalue weighted by Crippen LogP contribution is -2.43. The number of benzene rings is 1. The molecule has 0 radical (unpaired) electrons. The number of rotatable bonds is 4. The van der Waals surface area contributed by atoms with Crippen molar-refractivity contribution in [2.24, 2.45) is 5.92 Å². The maximum Gasteiger partial charge on any atom is 0.227 e. The number of carbonyl (C=O) groups is 1. The second-order valence-corrected chi connectivity index (χ2v) is 6.23. The number of nitrogens with one attached hydrogen (secondary N) is 1. The number of piperidine rings is 1. The van der Waals surface area contributed by atoms with Gasteiger partial charge in [0.2, 0.25) is 5.91 Å².